The van der Waals surface area contributed by atoms with Gasteiger partial charge in [-0.3, -0.25) is 4.79 Å². The summed E-state index contributed by atoms with van der Waals surface area (Å²) in [5, 5.41) is 2.96. The normalized spacial score (nSPS) is 10.5. The van der Waals surface area contributed by atoms with Crippen molar-refractivity contribution in [2.45, 2.75) is 19.8 Å². The van der Waals surface area contributed by atoms with Gasteiger partial charge in [-0.25, -0.2) is 4.79 Å². The van der Waals surface area contributed by atoms with Crippen LogP contribution >= 0.6 is 11.6 Å². The van der Waals surface area contributed by atoms with E-state index in [9.17, 15) is 9.59 Å². The van der Waals surface area contributed by atoms with Crippen LogP contribution in [0.15, 0.2) is 36.4 Å². The lowest BCUT2D eigenvalue weighted by atomic mass is 10.0. The molecule has 0 bridgehead atoms. The zero-order valence-electron chi connectivity index (χ0n) is 14.8. The summed E-state index contributed by atoms with van der Waals surface area (Å²) in [5.41, 5.74) is 7.75. The molecule has 0 spiro atoms. The summed E-state index contributed by atoms with van der Waals surface area (Å²) < 4.78 is 10.2. The maximum atomic E-state index is 12.2. The van der Waals surface area contributed by atoms with Crippen LogP contribution in [0, 0.1) is 0 Å². The molecule has 0 aromatic heterocycles. The minimum absolute atomic E-state index is 0.0991. The van der Waals surface area contributed by atoms with E-state index in [2.05, 4.69) is 5.32 Å². The van der Waals surface area contributed by atoms with Crippen LogP contribution in [0.1, 0.15) is 35.7 Å². The maximum absolute atomic E-state index is 12.2. The SMILES string of the molecule is COc1cc(N)c(Cl)cc1C(=O)OCC(=O)Nc1ccccc1C(C)C. The Morgan fingerprint density at radius 2 is 1.92 bits per heavy atom. The Kier molecular flexibility index (Phi) is 6.46. The van der Waals surface area contributed by atoms with Gasteiger partial charge in [0, 0.05) is 11.8 Å². The van der Waals surface area contributed by atoms with Crippen LogP contribution in [0.25, 0.3) is 0 Å². The highest BCUT2D eigenvalue weighted by Crippen LogP contribution is 2.29. The number of nitrogens with two attached hydrogens (primary N) is 1. The molecule has 1 amide bonds. The number of para-hydroxylation sites is 1. The van der Waals surface area contributed by atoms with E-state index in [0.717, 1.165) is 5.56 Å². The number of hydrogen-bond acceptors (Lipinski definition) is 5. The molecular formula is C19H21ClN2O4. The zero-order chi connectivity index (χ0) is 19.3. The predicted molar refractivity (Wildman–Crippen MR) is 102 cm³/mol. The summed E-state index contributed by atoms with van der Waals surface area (Å²) in [6.07, 6.45) is 0. The van der Waals surface area contributed by atoms with E-state index in [1.54, 1.807) is 6.07 Å². The molecule has 26 heavy (non-hydrogen) atoms. The number of nitrogens with one attached hydrogen (secondary N) is 1. The van der Waals surface area contributed by atoms with Crippen molar-refractivity contribution < 1.29 is 19.1 Å². The van der Waals surface area contributed by atoms with Gasteiger partial charge in [0.25, 0.3) is 5.91 Å². The van der Waals surface area contributed by atoms with E-state index in [4.69, 9.17) is 26.8 Å². The summed E-state index contributed by atoms with van der Waals surface area (Å²) in [6, 6.07) is 10.3. The molecular weight excluding hydrogens is 356 g/mol. The Morgan fingerprint density at radius 1 is 1.23 bits per heavy atom. The first kappa shape index (κ1) is 19.6. The molecule has 2 rings (SSSR count). The average molecular weight is 377 g/mol. The van der Waals surface area contributed by atoms with Crippen molar-refractivity contribution in [2.75, 3.05) is 24.8 Å². The van der Waals surface area contributed by atoms with E-state index in [0.29, 0.717) is 5.69 Å². The highest BCUT2D eigenvalue weighted by atomic mass is 35.5. The third kappa shape index (κ3) is 4.67. The minimum Gasteiger partial charge on any atom is -0.496 e. The van der Waals surface area contributed by atoms with Gasteiger partial charge < -0.3 is 20.5 Å². The molecule has 2 aromatic carbocycles. The number of anilines is 2. The monoisotopic (exact) mass is 376 g/mol. The Hall–Kier alpha value is -2.73. The molecule has 0 unspecified atom stereocenters. The first-order valence-electron chi connectivity index (χ1n) is 8.02. The van der Waals surface area contributed by atoms with Gasteiger partial charge in [-0.2, -0.15) is 0 Å². The molecule has 138 valence electrons. The standard InChI is InChI=1S/C19H21ClN2O4/c1-11(2)12-6-4-5-7-16(12)22-18(23)10-26-19(24)13-8-14(20)15(21)9-17(13)25-3/h4-9,11H,10,21H2,1-3H3,(H,22,23). The Bertz CT molecular complexity index is 821. The van der Waals surface area contributed by atoms with Crippen molar-refractivity contribution in [1.29, 1.82) is 0 Å². The number of amides is 1. The van der Waals surface area contributed by atoms with E-state index >= 15 is 0 Å². The van der Waals surface area contributed by atoms with Crippen molar-refractivity contribution in [2.24, 2.45) is 0 Å². The Balaban J connectivity index is 2.04. The molecule has 0 saturated heterocycles. The zero-order valence-corrected chi connectivity index (χ0v) is 15.6. The highest BCUT2D eigenvalue weighted by molar-refractivity contribution is 6.33. The van der Waals surface area contributed by atoms with Crippen LogP contribution < -0.4 is 15.8 Å². The van der Waals surface area contributed by atoms with Crippen LogP contribution in [0.2, 0.25) is 5.02 Å². The molecule has 0 aliphatic rings. The van der Waals surface area contributed by atoms with E-state index in [1.807, 2.05) is 32.0 Å². The van der Waals surface area contributed by atoms with Crippen LogP contribution in [0.3, 0.4) is 0 Å². The molecule has 0 atom stereocenters. The highest BCUT2D eigenvalue weighted by Gasteiger charge is 2.18. The minimum atomic E-state index is -0.726. The summed E-state index contributed by atoms with van der Waals surface area (Å²) >= 11 is 5.94. The second-order valence-corrected chi connectivity index (χ2v) is 6.35. The van der Waals surface area contributed by atoms with Crippen molar-refractivity contribution >= 4 is 34.9 Å². The number of benzene rings is 2. The number of esters is 1. The lowest BCUT2D eigenvalue weighted by Gasteiger charge is -2.14. The predicted octanol–water partition coefficient (Wildman–Crippen LogP) is 3.85. The average Bonchev–Trinajstić information content (AvgIpc) is 2.61. The van der Waals surface area contributed by atoms with Gasteiger partial charge in [0.05, 0.1) is 17.8 Å². The fourth-order valence-electron chi connectivity index (χ4n) is 2.41. The van der Waals surface area contributed by atoms with Gasteiger partial charge >= 0.3 is 5.97 Å². The number of nitrogen functional groups attached to an aromatic ring is 1. The largest absolute Gasteiger partial charge is 0.496 e. The fourth-order valence-corrected chi connectivity index (χ4v) is 2.57. The van der Waals surface area contributed by atoms with Gasteiger partial charge in [0.15, 0.2) is 6.61 Å². The first-order chi connectivity index (χ1) is 12.3. The van der Waals surface area contributed by atoms with Crippen molar-refractivity contribution in [3.63, 3.8) is 0 Å². The van der Waals surface area contributed by atoms with Gasteiger partial charge in [0.1, 0.15) is 11.3 Å². The smallest absolute Gasteiger partial charge is 0.342 e. The number of carbonyl (C=O) groups is 2. The van der Waals surface area contributed by atoms with E-state index < -0.39 is 18.5 Å². The summed E-state index contributed by atoms with van der Waals surface area (Å²) in [5.74, 6) is -0.694. The molecule has 2 aromatic rings. The first-order valence-corrected chi connectivity index (χ1v) is 8.40. The van der Waals surface area contributed by atoms with Crippen LogP contribution in [-0.4, -0.2) is 25.6 Å². The number of halogens is 1. The van der Waals surface area contributed by atoms with Crippen LogP contribution in [0.4, 0.5) is 11.4 Å². The summed E-state index contributed by atoms with van der Waals surface area (Å²) in [6.45, 7) is 3.63. The molecule has 7 heteroatoms. The number of ether oxygens (including phenoxy) is 2. The third-order valence-electron chi connectivity index (χ3n) is 3.73. The Labute approximate surface area is 157 Å². The van der Waals surface area contributed by atoms with Gasteiger partial charge in [0.2, 0.25) is 0 Å². The molecule has 0 fully saturated rings. The van der Waals surface area contributed by atoms with Gasteiger partial charge in [-0.1, -0.05) is 43.6 Å². The quantitative estimate of drug-likeness (QED) is 0.590. The third-order valence-corrected chi connectivity index (χ3v) is 4.06. The van der Waals surface area contributed by atoms with Gasteiger partial charge in [-0.05, 0) is 23.6 Å². The molecule has 3 N–H and O–H groups in total. The molecule has 0 aliphatic heterocycles. The molecule has 0 aliphatic carbocycles. The molecule has 6 nitrogen and oxygen atoms in total. The number of rotatable bonds is 6. The van der Waals surface area contributed by atoms with E-state index in [1.165, 1.54) is 19.2 Å². The second kappa shape index (κ2) is 8.58. The van der Waals surface area contributed by atoms with Crippen molar-refractivity contribution in [1.82, 2.24) is 0 Å². The molecule has 0 saturated carbocycles. The van der Waals surface area contributed by atoms with Crippen molar-refractivity contribution in [3.8, 4) is 5.75 Å². The van der Waals surface area contributed by atoms with E-state index in [-0.39, 0.29) is 27.9 Å². The maximum Gasteiger partial charge on any atom is 0.342 e. The lowest BCUT2D eigenvalue weighted by molar-refractivity contribution is -0.119. The second-order valence-electron chi connectivity index (χ2n) is 5.94. The summed E-state index contributed by atoms with van der Waals surface area (Å²) in [4.78, 5) is 24.4. The van der Waals surface area contributed by atoms with Crippen molar-refractivity contribution in [3.05, 3.63) is 52.5 Å². The lowest BCUT2D eigenvalue weighted by Crippen LogP contribution is -2.22. The Morgan fingerprint density at radius 3 is 2.58 bits per heavy atom. The number of methoxy groups -OCH3 is 1. The fraction of sp³-hybridized carbons (Fsp3) is 0.263. The number of carbonyl (C=O) groups excluding carboxylic acids is 2. The van der Waals surface area contributed by atoms with Gasteiger partial charge in [-0.15, -0.1) is 0 Å². The van der Waals surface area contributed by atoms with Crippen LogP contribution in [0.5, 0.6) is 5.75 Å². The molecule has 0 radical (unpaired) electrons. The topological polar surface area (TPSA) is 90.7 Å². The molecule has 0 heterocycles. The number of hydrogen-bond donors (Lipinski definition) is 2. The van der Waals surface area contributed by atoms with Crippen LogP contribution in [-0.2, 0) is 9.53 Å². The summed E-state index contributed by atoms with van der Waals surface area (Å²) in [7, 11) is 1.40.